The zero-order chi connectivity index (χ0) is 15.1. The minimum absolute atomic E-state index is 0.125. The molecule has 0 atom stereocenters. The van der Waals surface area contributed by atoms with Gasteiger partial charge in [-0.25, -0.2) is 9.97 Å². The summed E-state index contributed by atoms with van der Waals surface area (Å²) in [6.07, 6.45) is 9.18. The Bertz CT molecular complexity index is 418. The van der Waals surface area contributed by atoms with Gasteiger partial charge >= 0.3 is 0 Å². The number of hydrogen-bond acceptors (Lipinski definition) is 5. The van der Waals surface area contributed by atoms with E-state index in [-0.39, 0.29) is 6.10 Å². The maximum atomic E-state index is 5.70. The zero-order valence-electron chi connectivity index (χ0n) is 13.3. The summed E-state index contributed by atoms with van der Waals surface area (Å²) in [4.78, 5) is 11.1. The topological polar surface area (TPSA) is 64.3 Å². The van der Waals surface area contributed by atoms with Crippen LogP contribution in [-0.2, 0) is 0 Å². The molecule has 0 radical (unpaired) electrons. The molecule has 2 rings (SSSR count). The Morgan fingerprint density at radius 2 is 2.05 bits per heavy atom. The summed E-state index contributed by atoms with van der Waals surface area (Å²) >= 11 is 0. The van der Waals surface area contributed by atoms with Crippen molar-refractivity contribution in [3.8, 4) is 5.88 Å². The van der Waals surface area contributed by atoms with E-state index in [1.165, 1.54) is 32.1 Å². The van der Waals surface area contributed by atoms with Gasteiger partial charge in [-0.15, -0.1) is 0 Å². The molecule has 0 bridgehead atoms. The highest BCUT2D eigenvalue weighted by molar-refractivity contribution is 5.42. The van der Waals surface area contributed by atoms with E-state index < -0.39 is 0 Å². The molecule has 0 amide bonds. The first kappa shape index (κ1) is 16.0. The van der Waals surface area contributed by atoms with Crippen LogP contribution in [0.4, 0.5) is 5.82 Å². The van der Waals surface area contributed by atoms with Gasteiger partial charge in [-0.1, -0.05) is 19.3 Å². The van der Waals surface area contributed by atoms with Gasteiger partial charge in [0.2, 0.25) is 5.88 Å². The Balaban J connectivity index is 2.14. The molecule has 21 heavy (non-hydrogen) atoms. The van der Waals surface area contributed by atoms with Crippen molar-refractivity contribution in [3.05, 3.63) is 12.4 Å². The highest BCUT2D eigenvalue weighted by atomic mass is 16.5. The van der Waals surface area contributed by atoms with Crippen LogP contribution in [0.3, 0.4) is 0 Å². The van der Waals surface area contributed by atoms with E-state index in [2.05, 4.69) is 14.9 Å². The number of nitrogens with two attached hydrogens (primary N) is 1. The lowest BCUT2D eigenvalue weighted by atomic mass is 9.94. The Labute approximate surface area is 127 Å². The lowest BCUT2D eigenvalue weighted by molar-refractivity contribution is 0.232. The van der Waals surface area contributed by atoms with Gasteiger partial charge in [-0.3, -0.25) is 0 Å². The van der Waals surface area contributed by atoms with Crippen LogP contribution in [0.15, 0.2) is 12.4 Å². The molecular weight excluding hydrogens is 264 g/mol. The van der Waals surface area contributed by atoms with Gasteiger partial charge in [-0.05, 0) is 39.7 Å². The fourth-order valence-electron chi connectivity index (χ4n) is 2.93. The van der Waals surface area contributed by atoms with Crippen molar-refractivity contribution in [1.82, 2.24) is 9.97 Å². The Kier molecular flexibility index (Phi) is 6.23. The summed E-state index contributed by atoms with van der Waals surface area (Å²) in [6.45, 7) is 5.69. The predicted molar refractivity (Wildman–Crippen MR) is 85.7 cm³/mol. The largest absolute Gasteiger partial charge is 0.475 e. The summed E-state index contributed by atoms with van der Waals surface area (Å²) in [7, 11) is 0. The van der Waals surface area contributed by atoms with E-state index in [0.717, 1.165) is 18.8 Å². The van der Waals surface area contributed by atoms with E-state index >= 15 is 0 Å². The van der Waals surface area contributed by atoms with Gasteiger partial charge in [-0.2, -0.15) is 0 Å². The van der Waals surface area contributed by atoms with Crippen molar-refractivity contribution >= 4 is 5.82 Å². The normalized spacial score (nSPS) is 16.2. The van der Waals surface area contributed by atoms with Crippen molar-refractivity contribution in [2.45, 2.75) is 64.5 Å². The first-order valence-corrected chi connectivity index (χ1v) is 8.16. The van der Waals surface area contributed by atoms with Crippen molar-refractivity contribution in [2.24, 2.45) is 5.73 Å². The van der Waals surface area contributed by atoms with Crippen molar-refractivity contribution in [3.63, 3.8) is 0 Å². The first-order chi connectivity index (χ1) is 10.2. The van der Waals surface area contributed by atoms with Crippen LogP contribution >= 0.6 is 0 Å². The minimum atomic E-state index is 0.125. The molecule has 0 unspecified atom stereocenters. The van der Waals surface area contributed by atoms with Gasteiger partial charge in [0.05, 0.1) is 6.10 Å². The fraction of sp³-hybridized carbons (Fsp3) is 0.750. The van der Waals surface area contributed by atoms with Crippen molar-refractivity contribution in [2.75, 3.05) is 18.0 Å². The average molecular weight is 292 g/mol. The molecule has 1 aliphatic rings. The molecule has 1 saturated carbocycles. The number of aromatic nitrogens is 2. The number of rotatable bonds is 7. The summed E-state index contributed by atoms with van der Waals surface area (Å²) in [5.41, 5.74) is 5.70. The Morgan fingerprint density at radius 3 is 2.71 bits per heavy atom. The van der Waals surface area contributed by atoms with Crippen LogP contribution in [0.5, 0.6) is 5.88 Å². The second-order valence-electron chi connectivity index (χ2n) is 6.01. The maximum absolute atomic E-state index is 5.70. The Hall–Kier alpha value is -1.36. The fourth-order valence-corrected chi connectivity index (χ4v) is 2.93. The average Bonchev–Trinajstić information content (AvgIpc) is 2.48. The molecule has 0 saturated heterocycles. The number of nitrogens with zero attached hydrogens (tertiary/aromatic N) is 3. The zero-order valence-corrected chi connectivity index (χ0v) is 13.3. The van der Waals surface area contributed by atoms with Crippen LogP contribution in [0.1, 0.15) is 52.4 Å². The molecule has 1 aromatic rings. The quantitative estimate of drug-likeness (QED) is 0.837. The van der Waals surface area contributed by atoms with Crippen LogP contribution in [-0.4, -0.2) is 35.2 Å². The van der Waals surface area contributed by atoms with E-state index in [9.17, 15) is 0 Å². The SMILES string of the molecule is CC(C)Oc1cc(N(CCCN)C2CCCCC2)ncn1. The van der Waals surface area contributed by atoms with Crippen LogP contribution < -0.4 is 15.4 Å². The molecule has 1 aliphatic carbocycles. The number of hydrogen-bond donors (Lipinski definition) is 1. The number of ether oxygens (including phenoxy) is 1. The van der Waals surface area contributed by atoms with Gasteiger partial charge in [0, 0.05) is 18.7 Å². The molecule has 5 nitrogen and oxygen atoms in total. The molecule has 118 valence electrons. The second kappa shape index (κ2) is 8.17. The van der Waals surface area contributed by atoms with E-state index in [0.29, 0.717) is 18.5 Å². The highest BCUT2D eigenvalue weighted by Gasteiger charge is 2.22. The van der Waals surface area contributed by atoms with Gasteiger partial charge in [0.15, 0.2) is 0 Å². The summed E-state index contributed by atoms with van der Waals surface area (Å²) in [5.74, 6) is 1.63. The monoisotopic (exact) mass is 292 g/mol. The molecule has 2 N–H and O–H groups in total. The third-order valence-electron chi connectivity index (χ3n) is 3.90. The van der Waals surface area contributed by atoms with Gasteiger partial charge < -0.3 is 15.4 Å². The van der Waals surface area contributed by atoms with Crippen molar-refractivity contribution < 1.29 is 4.74 Å². The molecule has 0 aromatic carbocycles. The van der Waals surface area contributed by atoms with Crippen LogP contribution in [0, 0.1) is 0 Å². The number of anilines is 1. The second-order valence-corrected chi connectivity index (χ2v) is 6.01. The predicted octanol–water partition coefficient (Wildman–Crippen LogP) is 2.75. The summed E-state index contributed by atoms with van der Waals surface area (Å²) in [5, 5.41) is 0. The van der Waals surface area contributed by atoms with Gasteiger partial charge in [0.1, 0.15) is 12.1 Å². The van der Waals surface area contributed by atoms with E-state index in [1.54, 1.807) is 6.33 Å². The molecular formula is C16H28N4O. The lowest BCUT2D eigenvalue weighted by Gasteiger charge is -2.35. The highest BCUT2D eigenvalue weighted by Crippen LogP contribution is 2.27. The van der Waals surface area contributed by atoms with Crippen LogP contribution in [0.2, 0.25) is 0 Å². The van der Waals surface area contributed by atoms with Crippen molar-refractivity contribution in [1.29, 1.82) is 0 Å². The third-order valence-corrected chi connectivity index (χ3v) is 3.90. The standard InChI is InChI=1S/C16H28N4O/c1-13(2)21-16-11-15(18-12-19-16)20(10-6-9-17)14-7-4-3-5-8-14/h11-14H,3-10,17H2,1-2H3. The molecule has 1 fully saturated rings. The maximum Gasteiger partial charge on any atom is 0.218 e. The van der Waals surface area contributed by atoms with E-state index in [4.69, 9.17) is 10.5 Å². The molecule has 1 aromatic heterocycles. The molecule has 0 spiro atoms. The van der Waals surface area contributed by atoms with Gasteiger partial charge in [0.25, 0.3) is 0 Å². The molecule has 1 heterocycles. The third kappa shape index (κ3) is 4.84. The minimum Gasteiger partial charge on any atom is -0.475 e. The smallest absolute Gasteiger partial charge is 0.218 e. The molecule has 0 aliphatic heterocycles. The van der Waals surface area contributed by atoms with E-state index in [1.807, 2.05) is 19.9 Å². The lowest BCUT2D eigenvalue weighted by Crippen LogP contribution is -2.38. The molecule has 5 heteroatoms. The summed E-state index contributed by atoms with van der Waals surface area (Å²) in [6, 6.07) is 2.54. The Morgan fingerprint density at radius 1 is 1.29 bits per heavy atom. The van der Waals surface area contributed by atoms with Crippen LogP contribution in [0.25, 0.3) is 0 Å². The summed E-state index contributed by atoms with van der Waals surface area (Å²) < 4.78 is 5.69. The first-order valence-electron chi connectivity index (χ1n) is 8.16.